The van der Waals surface area contributed by atoms with Gasteiger partial charge in [0, 0.05) is 12.6 Å². The van der Waals surface area contributed by atoms with Crippen molar-refractivity contribution in [3.63, 3.8) is 0 Å². The van der Waals surface area contributed by atoms with Crippen molar-refractivity contribution in [2.45, 2.75) is 25.9 Å². The molecule has 0 fully saturated rings. The van der Waals surface area contributed by atoms with Crippen LogP contribution >= 0.6 is 15.9 Å². The lowest BCUT2D eigenvalue weighted by atomic mass is 10.1. The van der Waals surface area contributed by atoms with Crippen molar-refractivity contribution in [1.29, 1.82) is 0 Å². The number of benzene rings is 1. The van der Waals surface area contributed by atoms with Crippen LogP contribution in [-0.4, -0.2) is 35.3 Å². The number of aliphatic hydroxyl groups is 1. The highest BCUT2D eigenvalue weighted by atomic mass is 79.9. The van der Waals surface area contributed by atoms with Crippen molar-refractivity contribution in [3.8, 4) is 5.75 Å². The van der Waals surface area contributed by atoms with E-state index in [9.17, 15) is 15.2 Å². The van der Waals surface area contributed by atoms with E-state index in [1.807, 2.05) is 6.92 Å². The third-order valence-electron chi connectivity index (χ3n) is 2.60. The van der Waals surface area contributed by atoms with Crippen LogP contribution in [0, 0.1) is 10.1 Å². The molecule has 0 amide bonds. The number of nitro benzene ring substituents is 1. The van der Waals surface area contributed by atoms with Gasteiger partial charge in [-0.3, -0.25) is 10.1 Å². The molecule has 1 aromatic carbocycles. The van der Waals surface area contributed by atoms with Crippen molar-refractivity contribution in [1.82, 2.24) is 5.32 Å². The third-order valence-corrected chi connectivity index (χ3v) is 3.23. The minimum atomic E-state index is -1.10. The molecule has 1 rings (SSSR count). The molecule has 6 nitrogen and oxygen atoms in total. The van der Waals surface area contributed by atoms with Crippen LogP contribution in [0.15, 0.2) is 22.7 Å². The first-order chi connectivity index (χ1) is 9.37. The summed E-state index contributed by atoms with van der Waals surface area (Å²) >= 11 is 3.22. The number of halogens is 1. The maximum Gasteiger partial charge on any atom is 0.312 e. The lowest BCUT2D eigenvalue weighted by Gasteiger charge is -2.24. The van der Waals surface area contributed by atoms with Gasteiger partial charge in [-0.05, 0) is 41.9 Å². The number of nitrogens with one attached hydrogen (secondary N) is 1. The maximum atomic E-state index is 10.9. The van der Waals surface area contributed by atoms with Gasteiger partial charge in [-0.2, -0.15) is 0 Å². The van der Waals surface area contributed by atoms with Gasteiger partial charge in [0.05, 0.1) is 9.40 Å². The Balaban J connectivity index is 2.72. The van der Waals surface area contributed by atoms with E-state index in [2.05, 4.69) is 21.2 Å². The number of nitro groups is 1. The second kappa shape index (κ2) is 7.56. The number of ether oxygens (including phenoxy) is 1. The summed E-state index contributed by atoms with van der Waals surface area (Å²) in [5.41, 5.74) is -1.23. The van der Waals surface area contributed by atoms with Gasteiger partial charge < -0.3 is 15.2 Å². The van der Waals surface area contributed by atoms with E-state index >= 15 is 0 Å². The van der Waals surface area contributed by atoms with Crippen LogP contribution in [0.3, 0.4) is 0 Å². The molecule has 0 aliphatic heterocycles. The average molecular weight is 347 g/mol. The zero-order valence-electron chi connectivity index (χ0n) is 11.6. The summed E-state index contributed by atoms with van der Waals surface area (Å²) in [5.74, 6) is 0.133. The summed E-state index contributed by atoms with van der Waals surface area (Å²) in [4.78, 5) is 10.4. The standard InChI is InChI=1S/C13H19BrN2O4/c1-3-7-15-8-13(2,17)9-20-12-10(14)5-4-6-11(12)16(18)19/h4-6,15,17H,3,7-9H2,1-2H3. The molecule has 0 aromatic heterocycles. The molecule has 0 saturated heterocycles. The van der Waals surface area contributed by atoms with Crippen molar-refractivity contribution >= 4 is 21.6 Å². The molecule has 0 aliphatic carbocycles. The lowest BCUT2D eigenvalue weighted by molar-refractivity contribution is -0.386. The first-order valence-corrected chi connectivity index (χ1v) is 7.15. The molecule has 0 saturated carbocycles. The van der Waals surface area contributed by atoms with E-state index in [-0.39, 0.29) is 18.0 Å². The summed E-state index contributed by atoms with van der Waals surface area (Å²) in [7, 11) is 0. The van der Waals surface area contributed by atoms with Crippen LogP contribution in [0.25, 0.3) is 0 Å². The topological polar surface area (TPSA) is 84.6 Å². The van der Waals surface area contributed by atoms with Crippen LogP contribution in [-0.2, 0) is 0 Å². The number of hydrogen-bond donors (Lipinski definition) is 2. The molecule has 0 heterocycles. The van der Waals surface area contributed by atoms with E-state index in [0.717, 1.165) is 13.0 Å². The van der Waals surface area contributed by atoms with E-state index in [1.165, 1.54) is 6.07 Å². The van der Waals surface area contributed by atoms with E-state index in [4.69, 9.17) is 4.74 Å². The summed E-state index contributed by atoms with van der Waals surface area (Å²) < 4.78 is 5.94. The van der Waals surface area contributed by atoms with Crippen molar-refractivity contribution < 1.29 is 14.8 Å². The number of para-hydroxylation sites is 1. The highest BCUT2D eigenvalue weighted by Gasteiger charge is 2.24. The van der Waals surface area contributed by atoms with Gasteiger partial charge in [0.15, 0.2) is 0 Å². The molecule has 2 N–H and O–H groups in total. The summed E-state index contributed by atoms with van der Waals surface area (Å²) in [5, 5.41) is 24.2. The van der Waals surface area contributed by atoms with Gasteiger partial charge in [-0.1, -0.05) is 13.0 Å². The minimum absolute atomic E-state index is 0.0346. The fourth-order valence-corrected chi connectivity index (χ4v) is 2.07. The summed E-state index contributed by atoms with van der Waals surface area (Å²) in [6.45, 7) is 4.78. The Morgan fingerprint density at radius 3 is 2.85 bits per heavy atom. The summed E-state index contributed by atoms with van der Waals surface area (Å²) in [6, 6.07) is 4.59. The van der Waals surface area contributed by atoms with Crippen LogP contribution in [0.2, 0.25) is 0 Å². The second-order valence-corrected chi connectivity index (χ2v) is 5.66. The van der Waals surface area contributed by atoms with Crippen molar-refractivity contribution in [3.05, 3.63) is 32.8 Å². The van der Waals surface area contributed by atoms with Crippen LogP contribution in [0.1, 0.15) is 20.3 Å². The van der Waals surface area contributed by atoms with Gasteiger partial charge in [-0.25, -0.2) is 0 Å². The number of nitrogens with zero attached hydrogens (tertiary/aromatic N) is 1. The Labute approximate surface area is 126 Å². The Morgan fingerprint density at radius 1 is 1.55 bits per heavy atom. The SMILES string of the molecule is CCCNCC(C)(O)COc1c(Br)cccc1[N+](=O)[O-]. The predicted molar refractivity (Wildman–Crippen MR) is 80.1 cm³/mol. The Hall–Kier alpha value is -1.18. The highest BCUT2D eigenvalue weighted by Crippen LogP contribution is 2.35. The molecule has 0 aliphatic rings. The molecule has 112 valence electrons. The molecule has 1 unspecified atom stereocenters. The van der Waals surface area contributed by atoms with Gasteiger partial charge in [0.2, 0.25) is 5.75 Å². The number of hydrogen-bond acceptors (Lipinski definition) is 5. The quantitative estimate of drug-likeness (QED) is 0.429. The van der Waals surface area contributed by atoms with E-state index in [1.54, 1.807) is 19.1 Å². The monoisotopic (exact) mass is 346 g/mol. The molecule has 0 bridgehead atoms. The predicted octanol–water partition coefficient (Wildman–Crippen LogP) is 2.49. The Bertz CT molecular complexity index is 466. The first kappa shape index (κ1) is 16.9. The van der Waals surface area contributed by atoms with Crippen molar-refractivity contribution in [2.24, 2.45) is 0 Å². The fourth-order valence-electron chi connectivity index (χ4n) is 1.60. The molecule has 0 spiro atoms. The molecular weight excluding hydrogens is 328 g/mol. The van der Waals surface area contributed by atoms with Crippen LogP contribution in [0.4, 0.5) is 5.69 Å². The molecule has 0 radical (unpaired) electrons. The minimum Gasteiger partial charge on any atom is -0.483 e. The zero-order chi connectivity index (χ0) is 15.2. The Kier molecular flexibility index (Phi) is 6.38. The smallest absolute Gasteiger partial charge is 0.312 e. The van der Waals surface area contributed by atoms with Crippen molar-refractivity contribution in [2.75, 3.05) is 19.7 Å². The van der Waals surface area contributed by atoms with E-state index in [0.29, 0.717) is 11.0 Å². The second-order valence-electron chi connectivity index (χ2n) is 4.81. The zero-order valence-corrected chi connectivity index (χ0v) is 13.1. The largest absolute Gasteiger partial charge is 0.483 e. The highest BCUT2D eigenvalue weighted by molar-refractivity contribution is 9.10. The Morgan fingerprint density at radius 2 is 2.25 bits per heavy atom. The molecule has 7 heteroatoms. The van der Waals surface area contributed by atoms with Gasteiger partial charge in [0.25, 0.3) is 0 Å². The molecule has 1 atom stereocenters. The maximum absolute atomic E-state index is 10.9. The normalized spacial score (nSPS) is 13.8. The average Bonchev–Trinajstić information content (AvgIpc) is 2.37. The van der Waals surface area contributed by atoms with Gasteiger partial charge in [0.1, 0.15) is 12.2 Å². The molecular formula is C13H19BrN2O4. The van der Waals surface area contributed by atoms with E-state index < -0.39 is 10.5 Å². The first-order valence-electron chi connectivity index (χ1n) is 6.36. The fraction of sp³-hybridized carbons (Fsp3) is 0.538. The van der Waals surface area contributed by atoms with Crippen LogP contribution in [0.5, 0.6) is 5.75 Å². The summed E-state index contributed by atoms with van der Waals surface area (Å²) in [6.07, 6.45) is 0.965. The molecule has 20 heavy (non-hydrogen) atoms. The van der Waals surface area contributed by atoms with Gasteiger partial charge >= 0.3 is 5.69 Å². The number of rotatable bonds is 8. The third kappa shape index (κ3) is 5.07. The lowest BCUT2D eigenvalue weighted by Crippen LogP contribution is -2.43. The molecule has 1 aromatic rings. The van der Waals surface area contributed by atoms with Crippen LogP contribution < -0.4 is 10.1 Å². The van der Waals surface area contributed by atoms with Gasteiger partial charge in [-0.15, -0.1) is 0 Å².